The molecule has 0 bridgehead atoms. The monoisotopic (exact) mass is 343 g/mol. The number of benzene rings is 1. The quantitative estimate of drug-likeness (QED) is 0.676. The van der Waals surface area contributed by atoms with E-state index in [0.29, 0.717) is 13.0 Å². The molecule has 1 amide bonds. The number of nitro benzene ring substituents is 1. The summed E-state index contributed by atoms with van der Waals surface area (Å²) < 4.78 is 0. The molecule has 25 heavy (non-hydrogen) atoms. The minimum absolute atomic E-state index is 0.0658. The third-order valence-corrected chi connectivity index (χ3v) is 4.47. The SMILES string of the molecule is CC1CC(C(=O)O)CN(C(=O)c2ccc([N+](=O)[O-])c3cccnc23)C1. The van der Waals surface area contributed by atoms with E-state index in [1.165, 1.54) is 23.2 Å². The van der Waals surface area contributed by atoms with Gasteiger partial charge in [-0.1, -0.05) is 6.92 Å². The van der Waals surface area contributed by atoms with E-state index in [1.54, 1.807) is 12.1 Å². The summed E-state index contributed by atoms with van der Waals surface area (Å²) in [5.41, 5.74) is 0.390. The lowest BCUT2D eigenvalue weighted by molar-refractivity contribution is -0.383. The number of amides is 1. The Hall–Kier alpha value is -3.03. The zero-order valence-electron chi connectivity index (χ0n) is 13.6. The Kier molecular flexibility index (Phi) is 4.35. The predicted octanol–water partition coefficient (Wildman–Crippen LogP) is 2.33. The Labute approximate surface area is 143 Å². The summed E-state index contributed by atoms with van der Waals surface area (Å²) in [5.74, 6) is -1.81. The molecule has 1 fully saturated rings. The van der Waals surface area contributed by atoms with Gasteiger partial charge in [0.25, 0.3) is 11.6 Å². The number of carboxylic acid groups (broad SMARTS) is 1. The molecule has 8 heteroatoms. The fourth-order valence-corrected chi connectivity index (χ4v) is 3.36. The second kappa shape index (κ2) is 6.46. The van der Waals surface area contributed by atoms with E-state index in [4.69, 9.17) is 0 Å². The van der Waals surface area contributed by atoms with Crippen molar-refractivity contribution in [2.45, 2.75) is 13.3 Å². The number of rotatable bonds is 3. The Morgan fingerprint density at radius 1 is 1.32 bits per heavy atom. The first-order valence-electron chi connectivity index (χ1n) is 7.92. The van der Waals surface area contributed by atoms with Crippen LogP contribution in [0.4, 0.5) is 5.69 Å². The van der Waals surface area contributed by atoms with E-state index in [1.807, 2.05) is 6.92 Å². The Balaban J connectivity index is 2.01. The molecule has 1 aliphatic rings. The summed E-state index contributed by atoms with van der Waals surface area (Å²) in [6.07, 6.45) is 2.00. The summed E-state index contributed by atoms with van der Waals surface area (Å²) in [4.78, 5) is 40.6. The van der Waals surface area contributed by atoms with Crippen LogP contribution in [0.25, 0.3) is 10.9 Å². The molecule has 0 spiro atoms. The predicted molar refractivity (Wildman–Crippen MR) is 89.2 cm³/mol. The molecule has 8 nitrogen and oxygen atoms in total. The van der Waals surface area contributed by atoms with Crippen molar-refractivity contribution in [3.63, 3.8) is 0 Å². The van der Waals surface area contributed by atoms with Gasteiger partial charge in [0.1, 0.15) is 0 Å². The van der Waals surface area contributed by atoms with Crippen LogP contribution in [0, 0.1) is 22.0 Å². The number of hydrogen-bond donors (Lipinski definition) is 1. The van der Waals surface area contributed by atoms with Gasteiger partial charge in [0, 0.05) is 25.4 Å². The minimum atomic E-state index is -0.920. The highest BCUT2D eigenvalue weighted by Crippen LogP contribution is 2.29. The van der Waals surface area contributed by atoms with Gasteiger partial charge in [-0.3, -0.25) is 24.7 Å². The highest BCUT2D eigenvalue weighted by atomic mass is 16.6. The highest BCUT2D eigenvalue weighted by molar-refractivity contribution is 6.07. The first kappa shape index (κ1) is 16.8. The third kappa shape index (κ3) is 3.15. The van der Waals surface area contributed by atoms with Crippen LogP contribution in [-0.4, -0.2) is 44.9 Å². The molecule has 0 saturated carbocycles. The molecule has 1 saturated heterocycles. The van der Waals surface area contributed by atoms with Gasteiger partial charge in [-0.2, -0.15) is 0 Å². The minimum Gasteiger partial charge on any atom is -0.481 e. The zero-order valence-corrected chi connectivity index (χ0v) is 13.6. The smallest absolute Gasteiger partial charge is 0.308 e. The summed E-state index contributed by atoms with van der Waals surface area (Å²) in [6, 6.07) is 5.81. The van der Waals surface area contributed by atoms with Crippen LogP contribution in [0.1, 0.15) is 23.7 Å². The molecule has 0 radical (unpaired) electrons. The molecule has 1 aliphatic heterocycles. The Bertz CT molecular complexity index is 866. The molecule has 1 aromatic heterocycles. The van der Waals surface area contributed by atoms with E-state index in [9.17, 15) is 24.8 Å². The average molecular weight is 343 g/mol. The van der Waals surface area contributed by atoms with Crippen molar-refractivity contribution >= 4 is 28.5 Å². The molecule has 1 N–H and O–H groups in total. The number of nitrogens with zero attached hydrogens (tertiary/aromatic N) is 3. The molecular formula is C17H17N3O5. The molecule has 2 atom stereocenters. The van der Waals surface area contributed by atoms with Gasteiger partial charge in [-0.05, 0) is 30.5 Å². The maximum Gasteiger partial charge on any atom is 0.308 e. The zero-order chi connectivity index (χ0) is 18.1. The van der Waals surface area contributed by atoms with Crippen molar-refractivity contribution in [2.24, 2.45) is 11.8 Å². The van der Waals surface area contributed by atoms with E-state index >= 15 is 0 Å². The van der Waals surface area contributed by atoms with Crippen molar-refractivity contribution in [3.05, 3.63) is 46.1 Å². The number of non-ortho nitro benzene ring substituents is 1. The second-order valence-electron chi connectivity index (χ2n) is 6.38. The number of hydrogen-bond acceptors (Lipinski definition) is 5. The fraction of sp³-hybridized carbons (Fsp3) is 0.353. The molecule has 1 aromatic carbocycles. The van der Waals surface area contributed by atoms with E-state index in [2.05, 4.69) is 4.98 Å². The number of carbonyl (C=O) groups excluding carboxylic acids is 1. The van der Waals surface area contributed by atoms with Gasteiger partial charge in [0.2, 0.25) is 0 Å². The maximum absolute atomic E-state index is 12.9. The first-order chi connectivity index (χ1) is 11.9. The Morgan fingerprint density at radius 3 is 2.76 bits per heavy atom. The number of carboxylic acids is 1. The maximum atomic E-state index is 12.9. The van der Waals surface area contributed by atoms with Crippen LogP contribution in [0.2, 0.25) is 0 Å². The number of aromatic nitrogens is 1. The van der Waals surface area contributed by atoms with Crippen molar-refractivity contribution in [3.8, 4) is 0 Å². The van der Waals surface area contributed by atoms with Gasteiger partial charge < -0.3 is 10.0 Å². The topological polar surface area (TPSA) is 114 Å². The van der Waals surface area contributed by atoms with Gasteiger partial charge >= 0.3 is 5.97 Å². The van der Waals surface area contributed by atoms with Gasteiger partial charge in [0.15, 0.2) is 0 Å². The number of aliphatic carboxylic acids is 1. The summed E-state index contributed by atoms with van der Waals surface area (Å²) in [5, 5.41) is 20.7. The van der Waals surface area contributed by atoms with Crippen molar-refractivity contribution < 1.29 is 19.6 Å². The van der Waals surface area contributed by atoms with Gasteiger partial charge in [0.05, 0.1) is 27.3 Å². The van der Waals surface area contributed by atoms with Gasteiger partial charge in [-0.15, -0.1) is 0 Å². The standard InChI is InChI=1S/C17H17N3O5/c1-10-7-11(17(22)23)9-19(8-10)16(21)13-4-5-14(20(24)25)12-3-2-6-18-15(12)13/h2-6,10-11H,7-9H2,1H3,(H,22,23). The molecular weight excluding hydrogens is 326 g/mol. The number of pyridine rings is 1. The fourth-order valence-electron chi connectivity index (χ4n) is 3.36. The van der Waals surface area contributed by atoms with Crippen molar-refractivity contribution in [1.82, 2.24) is 9.88 Å². The van der Waals surface area contributed by atoms with Crippen LogP contribution in [-0.2, 0) is 4.79 Å². The summed E-state index contributed by atoms with van der Waals surface area (Å²) >= 11 is 0. The molecule has 2 unspecified atom stereocenters. The van der Waals surface area contributed by atoms with Crippen LogP contribution in [0.5, 0.6) is 0 Å². The second-order valence-corrected chi connectivity index (χ2v) is 6.38. The molecule has 2 aromatic rings. The number of likely N-dealkylation sites (tertiary alicyclic amines) is 1. The number of piperidine rings is 1. The lowest BCUT2D eigenvalue weighted by Crippen LogP contribution is -2.45. The molecule has 130 valence electrons. The normalized spacial score (nSPS) is 20.4. The van der Waals surface area contributed by atoms with Crippen LogP contribution in [0.3, 0.4) is 0 Å². The number of fused-ring (bicyclic) bond motifs is 1. The molecule has 0 aliphatic carbocycles. The molecule has 3 rings (SSSR count). The number of nitro groups is 1. The van der Waals surface area contributed by atoms with Crippen molar-refractivity contribution in [2.75, 3.05) is 13.1 Å². The number of carbonyl (C=O) groups is 2. The largest absolute Gasteiger partial charge is 0.481 e. The third-order valence-electron chi connectivity index (χ3n) is 4.47. The first-order valence-corrected chi connectivity index (χ1v) is 7.92. The lowest BCUT2D eigenvalue weighted by atomic mass is 9.90. The van der Waals surface area contributed by atoms with Crippen LogP contribution >= 0.6 is 0 Å². The molecule has 2 heterocycles. The van der Waals surface area contributed by atoms with Crippen LogP contribution in [0.15, 0.2) is 30.5 Å². The van der Waals surface area contributed by atoms with E-state index in [-0.39, 0.29) is 40.5 Å². The van der Waals surface area contributed by atoms with Crippen molar-refractivity contribution in [1.29, 1.82) is 0 Å². The van der Waals surface area contributed by atoms with E-state index < -0.39 is 16.8 Å². The summed E-state index contributed by atoms with van der Waals surface area (Å²) in [7, 11) is 0. The Morgan fingerprint density at radius 2 is 2.08 bits per heavy atom. The van der Waals surface area contributed by atoms with E-state index in [0.717, 1.165) is 0 Å². The van der Waals surface area contributed by atoms with Gasteiger partial charge in [-0.25, -0.2) is 0 Å². The summed E-state index contributed by atoms with van der Waals surface area (Å²) in [6.45, 7) is 2.49. The average Bonchev–Trinajstić information content (AvgIpc) is 2.59. The van der Waals surface area contributed by atoms with Crippen LogP contribution < -0.4 is 0 Å². The lowest BCUT2D eigenvalue weighted by Gasteiger charge is -2.34. The highest BCUT2D eigenvalue weighted by Gasteiger charge is 2.33.